The van der Waals surface area contributed by atoms with Crippen LogP contribution >= 0.6 is 0 Å². The van der Waals surface area contributed by atoms with E-state index >= 15 is 0 Å². The van der Waals surface area contributed by atoms with E-state index in [0.29, 0.717) is 11.6 Å². The topological polar surface area (TPSA) is 57.7 Å². The zero-order valence-corrected chi connectivity index (χ0v) is 14.1. The molecule has 1 amide bonds. The Balaban J connectivity index is 1.37. The van der Waals surface area contributed by atoms with Crippen molar-refractivity contribution in [2.24, 2.45) is 0 Å². The third-order valence-electron chi connectivity index (χ3n) is 5.52. The number of fused-ring (bicyclic) bond motifs is 1. The van der Waals surface area contributed by atoms with E-state index in [1.165, 1.54) is 25.8 Å². The maximum absolute atomic E-state index is 12.6. The molecular weight excluding hydrogens is 304 g/mol. The highest BCUT2D eigenvalue weighted by molar-refractivity contribution is 5.94. The van der Waals surface area contributed by atoms with E-state index in [4.69, 9.17) is 4.74 Å². The number of carbonyl (C=O) groups excluding carboxylic acids is 1. The molecule has 4 heterocycles. The molecular formula is C18H26N4O2. The molecule has 2 unspecified atom stereocenters. The van der Waals surface area contributed by atoms with Gasteiger partial charge < -0.3 is 15.0 Å². The number of ether oxygens (including phenoxy) is 1. The summed E-state index contributed by atoms with van der Waals surface area (Å²) in [6.07, 6.45) is 6.55. The van der Waals surface area contributed by atoms with Crippen LogP contribution in [0.15, 0.2) is 18.3 Å². The molecule has 6 heteroatoms. The Kier molecular flexibility index (Phi) is 4.67. The van der Waals surface area contributed by atoms with E-state index in [2.05, 4.69) is 20.1 Å². The van der Waals surface area contributed by atoms with Gasteiger partial charge in [0, 0.05) is 37.9 Å². The molecule has 0 bridgehead atoms. The van der Waals surface area contributed by atoms with E-state index in [9.17, 15) is 4.79 Å². The number of anilines is 1. The summed E-state index contributed by atoms with van der Waals surface area (Å²) in [6, 6.07) is 4.66. The summed E-state index contributed by atoms with van der Waals surface area (Å²) in [6.45, 7) is 5.50. The third-order valence-corrected chi connectivity index (χ3v) is 5.52. The highest BCUT2D eigenvalue weighted by Gasteiger charge is 2.36. The van der Waals surface area contributed by atoms with Crippen LogP contribution in [0.25, 0.3) is 0 Å². The van der Waals surface area contributed by atoms with E-state index < -0.39 is 0 Å². The summed E-state index contributed by atoms with van der Waals surface area (Å²) in [7, 11) is 0. The van der Waals surface area contributed by atoms with Crippen molar-refractivity contribution in [2.75, 3.05) is 44.3 Å². The van der Waals surface area contributed by atoms with Gasteiger partial charge in [-0.05, 0) is 37.9 Å². The van der Waals surface area contributed by atoms with Crippen LogP contribution in [0.4, 0.5) is 5.82 Å². The van der Waals surface area contributed by atoms with E-state index in [0.717, 1.165) is 45.1 Å². The largest absolute Gasteiger partial charge is 0.378 e. The number of hydrogen-bond donors (Lipinski definition) is 1. The van der Waals surface area contributed by atoms with Crippen LogP contribution in [0.1, 0.15) is 36.0 Å². The first kappa shape index (κ1) is 15.8. The molecule has 4 rings (SSSR count). The molecule has 1 aromatic rings. The van der Waals surface area contributed by atoms with Gasteiger partial charge in [0.2, 0.25) is 0 Å². The first-order valence-corrected chi connectivity index (χ1v) is 9.15. The summed E-state index contributed by atoms with van der Waals surface area (Å²) < 4.78 is 5.36. The lowest BCUT2D eigenvalue weighted by atomic mass is 9.99. The predicted molar refractivity (Wildman–Crippen MR) is 92.4 cm³/mol. The Morgan fingerprint density at radius 3 is 2.79 bits per heavy atom. The number of piperidine rings is 1. The Bertz CT molecular complexity index is 571. The molecule has 1 N–H and O–H groups in total. The number of rotatable bonds is 3. The molecule has 0 aliphatic carbocycles. The van der Waals surface area contributed by atoms with Crippen LogP contribution in [0.3, 0.4) is 0 Å². The van der Waals surface area contributed by atoms with Crippen molar-refractivity contribution in [1.82, 2.24) is 15.2 Å². The zero-order chi connectivity index (χ0) is 16.4. The number of amides is 1. The maximum Gasteiger partial charge on any atom is 0.253 e. The van der Waals surface area contributed by atoms with Crippen molar-refractivity contribution in [3.8, 4) is 0 Å². The standard InChI is InChI=1S/C18H26N4O2/c23-18(20-15-6-8-21-7-2-1-3-16(15)21)14-4-5-17(19-13-14)22-9-11-24-12-10-22/h4-5,13,15-16H,1-3,6-12H2,(H,20,23). The number of hydrogen-bond acceptors (Lipinski definition) is 5. The minimum atomic E-state index is 0.00782. The van der Waals surface area contributed by atoms with Crippen LogP contribution in [-0.4, -0.2) is 67.3 Å². The van der Waals surface area contributed by atoms with Crippen LogP contribution in [0, 0.1) is 0 Å². The second-order valence-electron chi connectivity index (χ2n) is 6.97. The molecule has 0 spiro atoms. The van der Waals surface area contributed by atoms with E-state index in [1.807, 2.05) is 12.1 Å². The zero-order valence-electron chi connectivity index (χ0n) is 14.1. The fourth-order valence-electron chi connectivity index (χ4n) is 4.17. The molecule has 1 aromatic heterocycles. The maximum atomic E-state index is 12.6. The molecule has 0 aromatic carbocycles. The van der Waals surface area contributed by atoms with Gasteiger partial charge in [0.25, 0.3) is 5.91 Å². The molecule has 3 fully saturated rings. The van der Waals surface area contributed by atoms with Gasteiger partial charge in [-0.15, -0.1) is 0 Å². The monoisotopic (exact) mass is 330 g/mol. The van der Waals surface area contributed by atoms with Gasteiger partial charge in [0.15, 0.2) is 0 Å². The quantitative estimate of drug-likeness (QED) is 0.905. The lowest BCUT2D eigenvalue weighted by Gasteiger charge is -2.32. The first-order chi connectivity index (χ1) is 11.8. The van der Waals surface area contributed by atoms with Gasteiger partial charge in [-0.3, -0.25) is 9.69 Å². The Labute approximate surface area is 143 Å². The molecule has 3 aliphatic heterocycles. The third kappa shape index (κ3) is 3.26. The predicted octanol–water partition coefficient (Wildman–Crippen LogP) is 1.27. The minimum Gasteiger partial charge on any atom is -0.378 e. The fraction of sp³-hybridized carbons (Fsp3) is 0.667. The summed E-state index contributed by atoms with van der Waals surface area (Å²) in [4.78, 5) is 21.8. The second kappa shape index (κ2) is 7.07. The van der Waals surface area contributed by atoms with Crippen molar-refractivity contribution < 1.29 is 9.53 Å². The Morgan fingerprint density at radius 1 is 1.12 bits per heavy atom. The van der Waals surface area contributed by atoms with Gasteiger partial charge in [-0.1, -0.05) is 6.42 Å². The van der Waals surface area contributed by atoms with Crippen LogP contribution in [-0.2, 0) is 4.74 Å². The van der Waals surface area contributed by atoms with Crippen molar-refractivity contribution in [2.45, 2.75) is 37.8 Å². The number of nitrogens with one attached hydrogen (secondary N) is 1. The van der Waals surface area contributed by atoms with Crippen molar-refractivity contribution in [3.05, 3.63) is 23.9 Å². The molecule has 130 valence electrons. The van der Waals surface area contributed by atoms with Crippen molar-refractivity contribution in [3.63, 3.8) is 0 Å². The van der Waals surface area contributed by atoms with Crippen LogP contribution in [0.2, 0.25) is 0 Å². The fourth-order valence-corrected chi connectivity index (χ4v) is 4.17. The molecule has 3 aliphatic rings. The van der Waals surface area contributed by atoms with Gasteiger partial charge in [0.05, 0.1) is 18.8 Å². The van der Waals surface area contributed by atoms with Gasteiger partial charge in [0.1, 0.15) is 5.82 Å². The average molecular weight is 330 g/mol. The minimum absolute atomic E-state index is 0.00782. The molecule has 6 nitrogen and oxygen atoms in total. The van der Waals surface area contributed by atoms with Crippen molar-refractivity contribution in [1.29, 1.82) is 0 Å². The van der Waals surface area contributed by atoms with Crippen LogP contribution in [0.5, 0.6) is 0 Å². The molecule has 24 heavy (non-hydrogen) atoms. The average Bonchev–Trinajstić information content (AvgIpc) is 3.06. The second-order valence-corrected chi connectivity index (χ2v) is 6.97. The summed E-state index contributed by atoms with van der Waals surface area (Å²) in [5.41, 5.74) is 0.654. The summed E-state index contributed by atoms with van der Waals surface area (Å²) >= 11 is 0. The number of nitrogens with zero attached hydrogens (tertiary/aromatic N) is 3. The van der Waals surface area contributed by atoms with Gasteiger partial charge >= 0.3 is 0 Å². The number of morpholine rings is 1. The van der Waals surface area contributed by atoms with Crippen LogP contribution < -0.4 is 10.2 Å². The Hall–Kier alpha value is -1.66. The SMILES string of the molecule is O=C(NC1CCN2CCCCC12)c1ccc(N2CCOCC2)nc1. The molecule has 0 radical (unpaired) electrons. The normalized spacial score (nSPS) is 27.8. The lowest BCUT2D eigenvalue weighted by molar-refractivity contribution is 0.0915. The van der Waals surface area contributed by atoms with E-state index in [1.54, 1.807) is 6.20 Å². The highest BCUT2D eigenvalue weighted by atomic mass is 16.5. The lowest BCUT2D eigenvalue weighted by Crippen LogP contribution is -2.46. The molecule has 3 saturated heterocycles. The van der Waals surface area contributed by atoms with Gasteiger partial charge in [-0.2, -0.15) is 0 Å². The molecule has 2 atom stereocenters. The van der Waals surface area contributed by atoms with Gasteiger partial charge in [-0.25, -0.2) is 4.98 Å². The van der Waals surface area contributed by atoms with E-state index in [-0.39, 0.29) is 11.9 Å². The molecule has 0 saturated carbocycles. The number of aromatic nitrogens is 1. The summed E-state index contributed by atoms with van der Waals surface area (Å²) in [5.74, 6) is 0.933. The Morgan fingerprint density at radius 2 is 2.00 bits per heavy atom. The summed E-state index contributed by atoms with van der Waals surface area (Å²) in [5, 5.41) is 3.24. The highest BCUT2D eigenvalue weighted by Crippen LogP contribution is 2.27. The first-order valence-electron chi connectivity index (χ1n) is 9.15. The number of pyridine rings is 1. The van der Waals surface area contributed by atoms with Crippen molar-refractivity contribution >= 4 is 11.7 Å². The smallest absolute Gasteiger partial charge is 0.253 e. The number of carbonyl (C=O) groups is 1.